The molecular weight excluding hydrogens is 270 g/mol. The van der Waals surface area contributed by atoms with E-state index >= 15 is 0 Å². The van der Waals surface area contributed by atoms with E-state index in [9.17, 15) is 0 Å². The molecule has 2 rings (SSSR count). The first kappa shape index (κ1) is 15.3. The number of hydrogen-bond acceptors (Lipinski definition) is 4. The molecule has 1 heterocycles. The Balaban J connectivity index is 1.77. The highest BCUT2D eigenvalue weighted by Crippen LogP contribution is 2.34. The van der Waals surface area contributed by atoms with E-state index in [0.717, 1.165) is 30.0 Å². The SMILES string of the molecule is CN=C(NCc1ncc(C)s1)NCC(C1CC1)N(C)C. The Morgan fingerprint density at radius 3 is 2.75 bits per heavy atom. The quantitative estimate of drug-likeness (QED) is 0.616. The van der Waals surface area contributed by atoms with Crippen LogP contribution in [0.4, 0.5) is 0 Å². The third kappa shape index (κ3) is 4.45. The van der Waals surface area contributed by atoms with Gasteiger partial charge in [0.05, 0.1) is 6.54 Å². The van der Waals surface area contributed by atoms with Crippen molar-refractivity contribution in [2.45, 2.75) is 32.4 Å². The maximum atomic E-state index is 4.35. The highest BCUT2D eigenvalue weighted by Gasteiger charge is 2.32. The summed E-state index contributed by atoms with van der Waals surface area (Å²) in [5.41, 5.74) is 0. The van der Waals surface area contributed by atoms with Crippen LogP contribution in [-0.2, 0) is 6.54 Å². The first-order valence-corrected chi connectivity index (χ1v) is 7.94. The van der Waals surface area contributed by atoms with Crippen LogP contribution in [0.1, 0.15) is 22.7 Å². The van der Waals surface area contributed by atoms with E-state index in [4.69, 9.17) is 0 Å². The third-order valence-electron chi connectivity index (χ3n) is 3.61. The van der Waals surface area contributed by atoms with E-state index in [-0.39, 0.29) is 0 Å². The largest absolute Gasteiger partial charge is 0.355 e. The van der Waals surface area contributed by atoms with Gasteiger partial charge in [-0.2, -0.15) is 0 Å². The van der Waals surface area contributed by atoms with E-state index in [1.807, 2.05) is 13.2 Å². The predicted molar refractivity (Wildman–Crippen MR) is 85.3 cm³/mol. The summed E-state index contributed by atoms with van der Waals surface area (Å²) in [6, 6.07) is 0.593. The zero-order chi connectivity index (χ0) is 14.5. The summed E-state index contributed by atoms with van der Waals surface area (Å²) in [7, 11) is 6.11. The van der Waals surface area contributed by atoms with Gasteiger partial charge in [-0.05, 0) is 39.8 Å². The van der Waals surface area contributed by atoms with Gasteiger partial charge in [-0.3, -0.25) is 4.99 Å². The molecule has 1 saturated carbocycles. The number of thiazole rings is 1. The lowest BCUT2D eigenvalue weighted by molar-refractivity contribution is 0.264. The number of rotatable bonds is 6. The first-order valence-electron chi connectivity index (χ1n) is 7.12. The highest BCUT2D eigenvalue weighted by atomic mass is 32.1. The minimum Gasteiger partial charge on any atom is -0.355 e. The Kier molecular flexibility index (Phi) is 5.37. The molecule has 1 atom stereocenters. The number of guanidine groups is 1. The molecule has 0 aromatic carbocycles. The molecule has 20 heavy (non-hydrogen) atoms. The van der Waals surface area contributed by atoms with Gasteiger partial charge in [0, 0.05) is 30.7 Å². The van der Waals surface area contributed by atoms with E-state index in [1.165, 1.54) is 17.7 Å². The molecule has 1 aliphatic carbocycles. The minimum absolute atomic E-state index is 0.593. The second kappa shape index (κ2) is 7.04. The molecule has 0 spiro atoms. The fourth-order valence-electron chi connectivity index (χ4n) is 2.32. The van der Waals surface area contributed by atoms with Gasteiger partial charge in [-0.25, -0.2) is 4.98 Å². The molecule has 1 aromatic heterocycles. The Bertz CT molecular complexity index is 448. The van der Waals surface area contributed by atoms with Crippen molar-refractivity contribution >= 4 is 17.3 Å². The summed E-state index contributed by atoms with van der Waals surface area (Å²) < 4.78 is 0. The van der Waals surface area contributed by atoms with Gasteiger partial charge in [0.25, 0.3) is 0 Å². The van der Waals surface area contributed by atoms with Crippen molar-refractivity contribution in [3.8, 4) is 0 Å². The van der Waals surface area contributed by atoms with Crippen molar-refractivity contribution in [2.75, 3.05) is 27.7 Å². The summed E-state index contributed by atoms with van der Waals surface area (Å²) in [4.78, 5) is 12.2. The Morgan fingerprint density at radius 1 is 1.50 bits per heavy atom. The molecule has 2 N–H and O–H groups in total. The normalized spacial score (nSPS) is 17.4. The molecule has 1 unspecified atom stereocenters. The second-order valence-corrected chi connectivity index (χ2v) is 6.86. The maximum Gasteiger partial charge on any atom is 0.191 e. The van der Waals surface area contributed by atoms with Gasteiger partial charge in [0.15, 0.2) is 5.96 Å². The summed E-state index contributed by atoms with van der Waals surface area (Å²) in [5, 5.41) is 7.84. The maximum absolute atomic E-state index is 4.35. The van der Waals surface area contributed by atoms with Gasteiger partial charge in [-0.15, -0.1) is 11.3 Å². The highest BCUT2D eigenvalue weighted by molar-refractivity contribution is 7.11. The van der Waals surface area contributed by atoms with Crippen molar-refractivity contribution in [1.82, 2.24) is 20.5 Å². The lowest BCUT2D eigenvalue weighted by atomic mass is 10.1. The zero-order valence-corrected chi connectivity index (χ0v) is 13.6. The van der Waals surface area contributed by atoms with E-state index in [2.05, 4.69) is 46.5 Å². The summed E-state index contributed by atoms with van der Waals surface area (Å²) in [5.74, 6) is 1.70. The van der Waals surface area contributed by atoms with Crippen LogP contribution in [0.25, 0.3) is 0 Å². The van der Waals surface area contributed by atoms with Crippen LogP contribution in [0.5, 0.6) is 0 Å². The van der Waals surface area contributed by atoms with E-state index in [0.29, 0.717) is 6.04 Å². The molecule has 5 nitrogen and oxygen atoms in total. The molecule has 1 aromatic rings. The Hall–Kier alpha value is -1.14. The van der Waals surface area contributed by atoms with Crippen LogP contribution in [0.3, 0.4) is 0 Å². The molecule has 112 valence electrons. The number of likely N-dealkylation sites (N-methyl/N-ethyl adjacent to an activating group) is 1. The van der Waals surface area contributed by atoms with Crippen LogP contribution in [0, 0.1) is 12.8 Å². The van der Waals surface area contributed by atoms with Crippen LogP contribution in [-0.4, -0.2) is 49.6 Å². The van der Waals surface area contributed by atoms with Crippen molar-refractivity contribution in [1.29, 1.82) is 0 Å². The minimum atomic E-state index is 0.593. The van der Waals surface area contributed by atoms with E-state index < -0.39 is 0 Å². The first-order chi connectivity index (χ1) is 9.60. The average molecular weight is 295 g/mol. The zero-order valence-electron chi connectivity index (χ0n) is 12.8. The molecule has 0 aliphatic heterocycles. The predicted octanol–water partition coefficient (Wildman–Crippen LogP) is 1.46. The average Bonchev–Trinajstić information content (AvgIpc) is 3.16. The molecule has 6 heteroatoms. The van der Waals surface area contributed by atoms with Gasteiger partial charge in [0.2, 0.25) is 0 Å². The van der Waals surface area contributed by atoms with Crippen molar-refractivity contribution in [2.24, 2.45) is 10.9 Å². The molecule has 0 saturated heterocycles. The molecular formula is C14H25N5S. The van der Waals surface area contributed by atoms with Crippen molar-refractivity contribution in [3.05, 3.63) is 16.1 Å². The number of aryl methyl sites for hydroxylation is 1. The van der Waals surface area contributed by atoms with Gasteiger partial charge >= 0.3 is 0 Å². The number of aromatic nitrogens is 1. The Morgan fingerprint density at radius 2 is 2.25 bits per heavy atom. The standard InChI is InChI=1S/C14H25N5S/c1-10-7-16-13(20-10)9-18-14(15-2)17-8-12(19(3)4)11-5-6-11/h7,11-12H,5-6,8-9H2,1-4H3,(H2,15,17,18). The monoisotopic (exact) mass is 295 g/mol. The number of nitrogens with zero attached hydrogens (tertiary/aromatic N) is 3. The van der Waals surface area contributed by atoms with Gasteiger partial charge < -0.3 is 15.5 Å². The van der Waals surface area contributed by atoms with Crippen molar-refractivity contribution in [3.63, 3.8) is 0 Å². The lowest BCUT2D eigenvalue weighted by Crippen LogP contribution is -2.45. The molecule has 0 bridgehead atoms. The summed E-state index contributed by atoms with van der Waals surface area (Å²) in [6.45, 7) is 3.74. The fraction of sp³-hybridized carbons (Fsp3) is 0.714. The van der Waals surface area contributed by atoms with Crippen LogP contribution >= 0.6 is 11.3 Å². The summed E-state index contributed by atoms with van der Waals surface area (Å²) >= 11 is 1.72. The summed E-state index contributed by atoms with van der Waals surface area (Å²) in [6.07, 6.45) is 4.62. The number of hydrogen-bond donors (Lipinski definition) is 2. The smallest absolute Gasteiger partial charge is 0.191 e. The lowest BCUT2D eigenvalue weighted by Gasteiger charge is -2.25. The van der Waals surface area contributed by atoms with Crippen LogP contribution in [0.2, 0.25) is 0 Å². The molecule has 1 aliphatic rings. The Labute approximate surface area is 125 Å². The molecule has 1 fully saturated rings. The van der Waals surface area contributed by atoms with Crippen LogP contribution < -0.4 is 10.6 Å². The third-order valence-corrected chi connectivity index (χ3v) is 4.52. The number of aliphatic imine (C=N–C) groups is 1. The van der Waals surface area contributed by atoms with Gasteiger partial charge in [-0.1, -0.05) is 0 Å². The second-order valence-electron chi connectivity index (χ2n) is 5.54. The fourth-order valence-corrected chi connectivity index (χ4v) is 3.04. The van der Waals surface area contributed by atoms with E-state index in [1.54, 1.807) is 11.3 Å². The van der Waals surface area contributed by atoms with Crippen molar-refractivity contribution < 1.29 is 0 Å². The van der Waals surface area contributed by atoms with Crippen LogP contribution in [0.15, 0.2) is 11.2 Å². The topological polar surface area (TPSA) is 52.6 Å². The molecule has 0 radical (unpaired) electrons. The number of nitrogens with one attached hydrogen (secondary N) is 2. The van der Waals surface area contributed by atoms with Gasteiger partial charge in [0.1, 0.15) is 5.01 Å². The molecule has 0 amide bonds.